The molecule has 0 aliphatic heterocycles. The molecular formula is C19H25ClN4O. The average Bonchev–Trinajstić information content (AvgIpc) is 3.13. The molecule has 4 aliphatic carbocycles. The van der Waals surface area contributed by atoms with Crippen molar-refractivity contribution in [1.29, 1.82) is 0 Å². The van der Waals surface area contributed by atoms with Gasteiger partial charge in [-0.25, -0.2) is 0 Å². The van der Waals surface area contributed by atoms with E-state index in [2.05, 4.69) is 15.3 Å². The highest BCUT2D eigenvalue weighted by Gasteiger charge is 2.54. The molecule has 4 aliphatic rings. The molecule has 134 valence electrons. The van der Waals surface area contributed by atoms with E-state index in [1.165, 1.54) is 38.5 Å². The Morgan fingerprint density at radius 2 is 1.72 bits per heavy atom. The summed E-state index contributed by atoms with van der Waals surface area (Å²) in [5, 5.41) is 14.1. The maximum Gasteiger partial charge on any atom is 0.222 e. The molecule has 4 fully saturated rings. The van der Waals surface area contributed by atoms with Crippen LogP contribution in [0.15, 0.2) is 4.42 Å². The number of nitrogens with zero attached hydrogens (tertiary/aromatic N) is 4. The predicted molar refractivity (Wildman–Crippen MR) is 94.6 cm³/mol. The summed E-state index contributed by atoms with van der Waals surface area (Å²) in [6.45, 7) is 4.66. The highest BCUT2D eigenvalue weighted by molar-refractivity contribution is 6.31. The molecule has 2 aromatic heterocycles. The minimum Gasteiger partial charge on any atom is -0.425 e. The van der Waals surface area contributed by atoms with Crippen molar-refractivity contribution in [1.82, 2.24) is 20.0 Å². The minimum atomic E-state index is 0.182. The van der Waals surface area contributed by atoms with E-state index in [9.17, 15) is 0 Å². The van der Waals surface area contributed by atoms with Gasteiger partial charge in [0, 0.05) is 18.4 Å². The first-order valence-electron chi connectivity index (χ1n) is 9.55. The van der Waals surface area contributed by atoms with E-state index in [0.717, 1.165) is 52.5 Å². The van der Waals surface area contributed by atoms with E-state index in [4.69, 9.17) is 16.0 Å². The molecule has 0 radical (unpaired) electrons. The van der Waals surface area contributed by atoms with Gasteiger partial charge in [-0.05, 0) is 70.1 Å². The normalized spacial score (nSPS) is 33.3. The Hall–Kier alpha value is -1.36. The first kappa shape index (κ1) is 15.9. The number of hydrogen-bond acceptors (Lipinski definition) is 4. The van der Waals surface area contributed by atoms with Gasteiger partial charge in [-0.3, -0.25) is 4.68 Å². The molecule has 0 atom stereocenters. The number of halogens is 1. The summed E-state index contributed by atoms with van der Waals surface area (Å²) in [6.07, 6.45) is 8.77. The fourth-order valence-electron chi connectivity index (χ4n) is 6.04. The van der Waals surface area contributed by atoms with Crippen molar-refractivity contribution in [2.45, 2.75) is 70.8 Å². The van der Waals surface area contributed by atoms with Crippen LogP contribution in [-0.4, -0.2) is 20.0 Å². The zero-order valence-corrected chi connectivity index (χ0v) is 15.7. The summed E-state index contributed by atoms with van der Waals surface area (Å²) in [4.78, 5) is 0. The van der Waals surface area contributed by atoms with E-state index in [1.807, 2.05) is 18.5 Å². The molecule has 25 heavy (non-hydrogen) atoms. The van der Waals surface area contributed by atoms with Crippen LogP contribution in [0.2, 0.25) is 5.02 Å². The first-order chi connectivity index (χ1) is 12.0. The van der Waals surface area contributed by atoms with Crippen molar-refractivity contribution in [2.75, 3.05) is 0 Å². The third-order valence-corrected chi connectivity index (χ3v) is 7.34. The van der Waals surface area contributed by atoms with Crippen LogP contribution >= 0.6 is 11.6 Å². The topological polar surface area (TPSA) is 56.7 Å². The van der Waals surface area contributed by atoms with Crippen molar-refractivity contribution < 1.29 is 4.42 Å². The summed E-state index contributed by atoms with van der Waals surface area (Å²) >= 11 is 6.23. The third-order valence-electron chi connectivity index (χ3n) is 6.79. The van der Waals surface area contributed by atoms with Gasteiger partial charge in [-0.1, -0.05) is 11.6 Å². The monoisotopic (exact) mass is 360 g/mol. The second kappa shape index (κ2) is 5.57. The molecule has 6 rings (SSSR count). The predicted octanol–water partition coefficient (Wildman–Crippen LogP) is 4.25. The summed E-state index contributed by atoms with van der Waals surface area (Å²) in [7, 11) is 0. The van der Waals surface area contributed by atoms with Crippen molar-refractivity contribution in [3.63, 3.8) is 0 Å². The lowest BCUT2D eigenvalue weighted by Crippen LogP contribution is -2.48. The summed E-state index contributed by atoms with van der Waals surface area (Å²) < 4.78 is 8.11. The van der Waals surface area contributed by atoms with Gasteiger partial charge in [-0.2, -0.15) is 5.10 Å². The number of rotatable bonds is 4. The Bertz CT molecular complexity index is 773. The van der Waals surface area contributed by atoms with Gasteiger partial charge >= 0.3 is 0 Å². The molecule has 0 unspecified atom stereocenters. The SMILES string of the molecule is Cc1nn(CCc2nnc(C34CC5CC(CC(C5)C3)C4)o2)c(C)c1Cl. The van der Waals surface area contributed by atoms with Gasteiger partial charge in [0.05, 0.1) is 16.4 Å². The molecule has 0 spiro atoms. The number of hydrogen-bond donors (Lipinski definition) is 0. The van der Waals surface area contributed by atoms with E-state index in [-0.39, 0.29) is 5.41 Å². The van der Waals surface area contributed by atoms with E-state index in [0.29, 0.717) is 6.42 Å². The Labute approximate surface area is 153 Å². The quantitative estimate of drug-likeness (QED) is 0.817. The fraction of sp³-hybridized carbons (Fsp3) is 0.737. The van der Waals surface area contributed by atoms with E-state index >= 15 is 0 Å². The minimum absolute atomic E-state index is 0.182. The van der Waals surface area contributed by atoms with Crippen LogP contribution in [0.3, 0.4) is 0 Å². The largest absolute Gasteiger partial charge is 0.425 e. The van der Waals surface area contributed by atoms with Crippen LogP contribution in [0, 0.1) is 31.6 Å². The van der Waals surface area contributed by atoms with Crippen LogP contribution in [0.1, 0.15) is 61.7 Å². The van der Waals surface area contributed by atoms with Crippen molar-refractivity contribution in [2.24, 2.45) is 17.8 Å². The Balaban J connectivity index is 1.33. The molecule has 2 aromatic rings. The second-order valence-corrected chi connectivity index (χ2v) is 9.03. The fourth-order valence-corrected chi connectivity index (χ4v) is 6.17. The molecule has 0 aromatic carbocycles. The van der Waals surface area contributed by atoms with Gasteiger partial charge in [0.1, 0.15) is 0 Å². The molecule has 4 saturated carbocycles. The second-order valence-electron chi connectivity index (χ2n) is 8.66. The van der Waals surface area contributed by atoms with Crippen LogP contribution in [-0.2, 0) is 18.4 Å². The molecule has 2 heterocycles. The van der Waals surface area contributed by atoms with Gasteiger partial charge < -0.3 is 4.42 Å². The van der Waals surface area contributed by atoms with Gasteiger partial charge in [0.15, 0.2) is 0 Å². The van der Waals surface area contributed by atoms with Crippen molar-refractivity contribution in [3.05, 3.63) is 28.2 Å². The van der Waals surface area contributed by atoms with Crippen LogP contribution in [0.25, 0.3) is 0 Å². The maximum absolute atomic E-state index is 6.23. The standard InChI is InChI=1S/C19H25ClN4O/c1-11-17(20)12(2)24(23-11)4-3-16-21-22-18(25-16)19-8-13-5-14(9-19)7-15(6-13)10-19/h13-15H,3-10H2,1-2H3. The van der Waals surface area contributed by atoms with Crippen LogP contribution in [0.5, 0.6) is 0 Å². The molecular weight excluding hydrogens is 336 g/mol. The Morgan fingerprint density at radius 1 is 1.08 bits per heavy atom. The zero-order valence-electron chi connectivity index (χ0n) is 15.0. The summed E-state index contributed by atoms with van der Waals surface area (Å²) in [5.41, 5.74) is 2.06. The third kappa shape index (κ3) is 2.54. The van der Waals surface area contributed by atoms with Crippen molar-refractivity contribution >= 4 is 11.6 Å². The molecule has 6 heteroatoms. The lowest BCUT2D eigenvalue weighted by molar-refractivity contribution is -0.0182. The number of aryl methyl sites for hydroxylation is 3. The summed E-state index contributed by atoms with van der Waals surface area (Å²) in [6, 6.07) is 0. The number of aromatic nitrogens is 4. The smallest absolute Gasteiger partial charge is 0.222 e. The molecule has 5 nitrogen and oxygen atoms in total. The lowest BCUT2D eigenvalue weighted by Gasteiger charge is -2.55. The average molecular weight is 361 g/mol. The van der Waals surface area contributed by atoms with Gasteiger partial charge in [0.2, 0.25) is 11.8 Å². The molecule has 0 N–H and O–H groups in total. The maximum atomic E-state index is 6.23. The first-order valence-corrected chi connectivity index (χ1v) is 9.92. The Morgan fingerprint density at radius 3 is 2.28 bits per heavy atom. The van der Waals surface area contributed by atoms with Crippen molar-refractivity contribution in [3.8, 4) is 0 Å². The van der Waals surface area contributed by atoms with Crippen LogP contribution < -0.4 is 0 Å². The zero-order chi connectivity index (χ0) is 17.2. The van der Waals surface area contributed by atoms with E-state index in [1.54, 1.807) is 0 Å². The van der Waals surface area contributed by atoms with Gasteiger partial charge in [0.25, 0.3) is 0 Å². The highest BCUT2D eigenvalue weighted by atomic mass is 35.5. The molecule has 4 bridgehead atoms. The molecule has 0 saturated heterocycles. The lowest BCUT2D eigenvalue weighted by atomic mass is 9.49. The molecule has 0 amide bonds. The van der Waals surface area contributed by atoms with Crippen LogP contribution in [0.4, 0.5) is 0 Å². The summed E-state index contributed by atoms with van der Waals surface area (Å²) in [5.74, 6) is 4.30. The van der Waals surface area contributed by atoms with E-state index < -0.39 is 0 Å². The highest BCUT2D eigenvalue weighted by Crippen LogP contribution is 2.60. The Kier molecular flexibility index (Phi) is 3.53. The van der Waals surface area contributed by atoms with Gasteiger partial charge in [-0.15, -0.1) is 10.2 Å².